The Morgan fingerprint density at radius 1 is 1.30 bits per heavy atom. The molecule has 2 atom stereocenters. The average molecular weight is 426 g/mol. The number of nitrogens with zero attached hydrogens (tertiary/aromatic N) is 4. The van der Waals surface area contributed by atoms with Crippen LogP contribution in [0.15, 0.2) is 55.2 Å². The molecule has 0 aliphatic carbocycles. The number of carbonyl (C=O) groups excluding carboxylic acids is 2. The van der Waals surface area contributed by atoms with Gasteiger partial charge in [-0.15, -0.1) is 11.8 Å². The fourth-order valence-corrected chi connectivity index (χ4v) is 4.22. The Morgan fingerprint density at radius 3 is 2.87 bits per heavy atom. The molecule has 154 valence electrons. The zero-order chi connectivity index (χ0) is 20.9. The van der Waals surface area contributed by atoms with Crippen molar-refractivity contribution in [3.8, 4) is 5.82 Å². The predicted octanol–water partition coefficient (Wildman–Crippen LogP) is 1.26. The standard InChI is InChI=1S/C20H19FN6O2S/c21-15-4-2-1-3-14(15)7-17-20(29)26-16(10-30-17)19(28)24-9-13-5-6-18(23-8-13)27-12-22-11-25-27/h1-6,8,11-12,16-17H,7,9-10H2,(H,24,28)(H,26,29)/t16-,17-/m1/s1. The topological polar surface area (TPSA) is 102 Å². The number of rotatable bonds is 6. The van der Waals surface area contributed by atoms with Gasteiger partial charge in [0.2, 0.25) is 11.8 Å². The first-order chi connectivity index (χ1) is 14.6. The fraction of sp³-hybridized carbons (Fsp3) is 0.250. The minimum Gasteiger partial charge on any atom is -0.350 e. The SMILES string of the molecule is O=C(NCc1ccc(-n2cncn2)nc1)[C@H]1CS[C@H](Cc2ccccc2F)C(=O)N1. The molecule has 0 unspecified atom stereocenters. The highest BCUT2D eigenvalue weighted by atomic mass is 32.2. The molecule has 10 heteroatoms. The number of benzene rings is 1. The number of carbonyl (C=O) groups is 2. The number of hydrogen-bond acceptors (Lipinski definition) is 6. The Balaban J connectivity index is 1.28. The maximum atomic E-state index is 13.8. The molecule has 4 rings (SSSR count). The number of aromatic nitrogens is 4. The van der Waals surface area contributed by atoms with E-state index in [1.54, 1.807) is 36.8 Å². The van der Waals surface area contributed by atoms with Gasteiger partial charge in [-0.05, 0) is 29.7 Å². The molecule has 3 heterocycles. The van der Waals surface area contributed by atoms with Crippen LogP contribution in [0.25, 0.3) is 5.82 Å². The van der Waals surface area contributed by atoms with Crippen LogP contribution in [-0.2, 0) is 22.6 Å². The second-order valence-electron chi connectivity index (χ2n) is 6.76. The first-order valence-electron chi connectivity index (χ1n) is 9.33. The zero-order valence-electron chi connectivity index (χ0n) is 15.9. The van der Waals surface area contributed by atoms with E-state index in [4.69, 9.17) is 0 Å². The van der Waals surface area contributed by atoms with Gasteiger partial charge in [-0.25, -0.2) is 19.0 Å². The number of amides is 2. The third-order valence-corrected chi connectivity index (χ3v) is 5.99. The minimum absolute atomic E-state index is 0.256. The molecule has 1 aliphatic heterocycles. The van der Waals surface area contributed by atoms with Crippen molar-refractivity contribution in [1.82, 2.24) is 30.4 Å². The van der Waals surface area contributed by atoms with E-state index in [2.05, 4.69) is 25.7 Å². The van der Waals surface area contributed by atoms with E-state index < -0.39 is 11.3 Å². The molecule has 1 aliphatic rings. The molecular formula is C20H19FN6O2S. The van der Waals surface area contributed by atoms with Crippen LogP contribution in [-0.4, -0.2) is 48.6 Å². The van der Waals surface area contributed by atoms with Gasteiger partial charge >= 0.3 is 0 Å². The van der Waals surface area contributed by atoms with Gasteiger partial charge in [0.15, 0.2) is 5.82 Å². The Labute approximate surface area is 176 Å². The van der Waals surface area contributed by atoms with E-state index in [1.165, 1.54) is 28.8 Å². The van der Waals surface area contributed by atoms with Gasteiger partial charge in [-0.1, -0.05) is 24.3 Å². The summed E-state index contributed by atoms with van der Waals surface area (Å²) in [7, 11) is 0. The minimum atomic E-state index is -0.623. The highest BCUT2D eigenvalue weighted by Crippen LogP contribution is 2.23. The molecule has 1 fully saturated rings. The third kappa shape index (κ3) is 4.65. The first kappa shape index (κ1) is 20.0. The monoisotopic (exact) mass is 426 g/mol. The summed E-state index contributed by atoms with van der Waals surface area (Å²) in [6, 6.07) is 9.40. The number of nitrogens with one attached hydrogen (secondary N) is 2. The lowest BCUT2D eigenvalue weighted by molar-refractivity contribution is -0.128. The van der Waals surface area contributed by atoms with Crippen LogP contribution in [0.2, 0.25) is 0 Å². The lowest BCUT2D eigenvalue weighted by Gasteiger charge is -2.28. The lowest BCUT2D eigenvalue weighted by Crippen LogP contribution is -2.54. The van der Waals surface area contributed by atoms with Crippen LogP contribution in [0.1, 0.15) is 11.1 Å². The zero-order valence-corrected chi connectivity index (χ0v) is 16.7. The van der Waals surface area contributed by atoms with Crippen molar-refractivity contribution in [2.75, 3.05) is 5.75 Å². The predicted molar refractivity (Wildman–Crippen MR) is 109 cm³/mol. The average Bonchev–Trinajstić information content (AvgIpc) is 3.30. The summed E-state index contributed by atoms with van der Waals surface area (Å²) >= 11 is 1.37. The molecule has 3 aromatic rings. The molecule has 0 saturated carbocycles. The fourth-order valence-electron chi connectivity index (χ4n) is 3.05. The lowest BCUT2D eigenvalue weighted by atomic mass is 10.1. The smallest absolute Gasteiger partial charge is 0.243 e. The van der Waals surface area contributed by atoms with Crippen molar-refractivity contribution >= 4 is 23.6 Å². The van der Waals surface area contributed by atoms with Crippen molar-refractivity contribution in [2.24, 2.45) is 0 Å². The van der Waals surface area contributed by atoms with E-state index in [0.29, 0.717) is 30.1 Å². The number of halogens is 1. The normalized spacial score (nSPS) is 18.6. The van der Waals surface area contributed by atoms with Crippen LogP contribution < -0.4 is 10.6 Å². The van der Waals surface area contributed by atoms with E-state index >= 15 is 0 Å². The number of hydrogen-bond donors (Lipinski definition) is 2. The summed E-state index contributed by atoms with van der Waals surface area (Å²) in [5.41, 5.74) is 1.31. The van der Waals surface area contributed by atoms with Crippen molar-refractivity contribution in [3.05, 3.63) is 72.2 Å². The largest absolute Gasteiger partial charge is 0.350 e. The maximum absolute atomic E-state index is 13.8. The van der Waals surface area contributed by atoms with Gasteiger partial charge in [0, 0.05) is 18.5 Å². The molecule has 2 N–H and O–H groups in total. The van der Waals surface area contributed by atoms with Gasteiger partial charge in [-0.3, -0.25) is 9.59 Å². The number of pyridine rings is 1. The van der Waals surface area contributed by atoms with E-state index in [9.17, 15) is 14.0 Å². The van der Waals surface area contributed by atoms with Gasteiger partial charge < -0.3 is 10.6 Å². The maximum Gasteiger partial charge on any atom is 0.243 e. The van der Waals surface area contributed by atoms with Crippen LogP contribution in [0.3, 0.4) is 0 Å². The van der Waals surface area contributed by atoms with Crippen molar-refractivity contribution in [1.29, 1.82) is 0 Å². The Hall–Kier alpha value is -3.27. The Kier molecular flexibility index (Phi) is 6.03. The number of thioether (sulfide) groups is 1. The molecular weight excluding hydrogens is 407 g/mol. The van der Waals surface area contributed by atoms with E-state index in [1.807, 2.05) is 6.07 Å². The molecule has 2 amide bonds. The molecule has 30 heavy (non-hydrogen) atoms. The summed E-state index contributed by atoms with van der Waals surface area (Å²) in [6.45, 7) is 0.291. The van der Waals surface area contributed by atoms with Gasteiger partial charge in [0.1, 0.15) is 24.5 Å². The van der Waals surface area contributed by atoms with Crippen molar-refractivity contribution < 1.29 is 14.0 Å². The molecule has 1 aromatic carbocycles. The van der Waals surface area contributed by atoms with Crippen LogP contribution >= 0.6 is 11.8 Å². The quantitative estimate of drug-likeness (QED) is 0.615. The van der Waals surface area contributed by atoms with Crippen molar-refractivity contribution in [3.63, 3.8) is 0 Å². The summed E-state index contributed by atoms with van der Waals surface area (Å²) in [5, 5.41) is 9.15. The Morgan fingerprint density at radius 2 is 2.17 bits per heavy atom. The summed E-state index contributed by atoms with van der Waals surface area (Å²) in [4.78, 5) is 33.0. The van der Waals surface area contributed by atoms with E-state index in [0.717, 1.165) is 5.56 Å². The highest BCUT2D eigenvalue weighted by molar-refractivity contribution is 8.00. The second-order valence-corrected chi connectivity index (χ2v) is 8.00. The third-order valence-electron chi connectivity index (χ3n) is 4.68. The van der Waals surface area contributed by atoms with Gasteiger partial charge in [-0.2, -0.15) is 5.10 Å². The highest BCUT2D eigenvalue weighted by Gasteiger charge is 2.32. The molecule has 1 saturated heterocycles. The van der Waals surface area contributed by atoms with Crippen LogP contribution in [0.4, 0.5) is 4.39 Å². The van der Waals surface area contributed by atoms with Crippen LogP contribution in [0, 0.1) is 5.82 Å². The summed E-state index contributed by atoms with van der Waals surface area (Å²) in [5.74, 6) is 0.211. The molecule has 0 spiro atoms. The van der Waals surface area contributed by atoms with Crippen LogP contribution in [0.5, 0.6) is 0 Å². The van der Waals surface area contributed by atoms with Crippen molar-refractivity contribution in [2.45, 2.75) is 24.3 Å². The summed E-state index contributed by atoms with van der Waals surface area (Å²) in [6.07, 6.45) is 4.91. The Bertz CT molecular complexity index is 1030. The molecule has 0 bridgehead atoms. The summed E-state index contributed by atoms with van der Waals surface area (Å²) < 4.78 is 15.4. The van der Waals surface area contributed by atoms with Gasteiger partial charge in [0.25, 0.3) is 0 Å². The molecule has 8 nitrogen and oxygen atoms in total. The first-order valence-corrected chi connectivity index (χ1v) is 10.4. The van der Waals surface area contributed by atoms with E-state index in [-0.39, 0.29) is 17.6 Å². The van der Waals surface area contributed by atoms with Gasteiger partial charge in [0.05, 0.1) is 5.25 Å². The molecule has 2 aromatic heterocycles. The second kappa shape index (κ2) is 9.04. The molecule has 0 radical (unpaired) electrons.